The molecule has 2 saturated heterocycles. The van der Waals surface area contributed by atoms with Crippen LogP contribution in [0.15, 0.2) is 0 Å². The van der Waals surface area contributed by atoms with E-state index in [1.54, 1.807) is 0 Å². The van der Waals surface area contributed by atoms with Crippen molar-refractivity contribution in [1.29, 1.82) is 0 Å². The summed E-state index contributed by atoms with van der Waals surface area (Å²) in [5.74, 6) is 0. The predicted octanol–water partition coefficient (Wildman–Crippen LogP) is 2.46. The van der Waals surface area contributed by atoms with E-state index in [1.165, 1.54) is 44.9 Å². The van der Waals surface area contributed by atoms with Crippen LogP contribution >= 0.6 is 0 Å². The summed E-state index contributed by atoms with van der Waals surface area (Å²) in [5.41, 5.74) is 0.588. The Kier molecular flexibility index (Phi) is 1.92. The summed E-state index contributed by atoms with van der Waals surface area (Å²) in [5, 5.41) is 3.74. The fourth-order valence-corrected chi connectivity index (χ4v) is 2.69. The average Bonchev–Trinajstić information content (AvgIpc) is 1.83. The molecular formula is C10H19N. The molecule has 0 aromatic carbocycles. The molecule has 2 atom stereocenters. The van der Waals surface area contributed by atoms with Crippen LogP contribution in [0.2, 0.25) is 0 Å². The van der Waals surface area contributed by atoms with Crippen molar-refractivity contribution < 1.29 is 0 Å². The highest BCUT2D eigenvalue weighted by atomic mass is 15.1. The van der Waals surface area contributed by atoms with E-state index in [9.17, 15) is 0 Å². The largest absolute Gasteiger partial charge is 0.308 e. The molecule has 2 unspecified atom stereocenters. The number of hydrogen-bond acceptors (Lipinski definition) is 1. The molecule has 1 nitrogen and oxygen atoms in total. The topological polar surface area (TPSA) is 12.0 Å². The monoisotopic (exact) mass is 153 g/mol. The lowest BCUT2D eigenvalue weighted by Crippen LogP contribution is -2.63. The smallest absolute Gasteiger partial charge is 0.0196 e. The van der Waals surface area contributed by atoms with Gasteiger partial charge in [-0.1, -0.05) is 26.2 Å². The molecule has 3 fully saturated rings. The van der Waals surface area contributed by atoms with Crippen molar-refractivity contribution in [3.63, 3.8) is 0 Å². The van der Waals surface area contributed by atoms with Crippen molar-refractivity contribution in [2.24, 2.45) is 0 Å². The second kappa shape index (κ2) is 2.78. The van der Waals surface area contributed by atoms with Crippen LogP contribution in [-0.4, -0.2) is 11.6 Å². The zero-order valence-electron chi connectivity index (χ0n) is 7.53. The highest BCUT2D eigenvalue weighted by molar-refractivity contribution is 5.02. The summed E-state index contributed by atoms with van der Waals surface area (Å²) in [6.45, 7) is 2.32. The van der Waals surface area contributed by atoms with Crippen molar-refractivity contribution >= 4 is 0 Å². The van der Waals surface area contributed by atoms with Gasteiger partial charge in [-0.15, -0.1) is 0 Å². The van der Waals surface area contributed by atoms with Crippen molar-refractivity contribution in [3.05, 3.63) is 0 Å². The van der Waals surface area contributed by atoms with E-state index >= 15 is 0 Å². The third-order valence-electron chi connectivity index (χ3n) is 3.53. The van der Waals surface area contributed by atoms with E-state index in [2.05, 4.69) is 12.2 Å². The minimum absolute atomic E-state index is 0.588. The Morgan fingerprint density at radius 2 is 2.18 bits per heavy atom. The first kappa shape index (κ1) is 7.60. The second-order valence-electron chi connectivity index (χ2n) is 4.28. The normalized spacial score (nSPS) is 43.9. The number of hydrogen-bond donors (Lipinski definition) is 1. The van der Waals surface area contributed by atoms with Gasteiger partial charge in [-0.3, -0.25) is 0 Å². The number of rotatable bonds is 1. The Bertz CT molecular complexity index is 130. The highest BCUT2D eigenvalue weighted by Gasteiger charge is 2.41. The maximum Gasteiger partial charge on any atom is 0.0196 e. The van der Waals surface area contributed by atoms with Gasteiger partial charge in [-0.25, -0.2) is 0 Å². The van der Waals surface area contributed by atoms with Gasteiger partial charge in [0, 0.05) is 11.6 Å². The van der Waals surface area contributed by atoms with Gasteiger partial charge in [0.15, 0.2) is 0 Å². The van der Waals surface area contributed by atoms with Crippen molar-refractivity contribution in [2.75, 3.05) is 0 Å². The Labute approximate surface area is 69.6 Å². The molecule has 1 N–H and O–H groups in total. The third-order valence-corrected chi connectivity index (χ3v) is 3.53. The Balaban J connectivity index is 1.94. The van der Waals surface area contributed by atoms with E-state index in [4.69, 9.17) is 0 Å². The van der Waals surface area contributed by atoms with Gasteiger partial charge in [0.25, 0.3) is 0 Å². The van der Waals surface area contributed by atoms with Crippen LogP contribution < -0.4 is 5.32 Å². The molecule has 2 aliphatic heterocycles. The molecule has 2 bridgehead atoms. The van der Waals surface area contributed by atoms with E-state index in [0.29, 0.717) is 5.54 Å². The standard InChI is InChI=1S/C10H19N/c1-2-10-7-5-3-4-6-9(8-10)11-10/h9,11H,2-8H2,1H3. The molecule has 0 aromatic heterocycles. The minimum Gasteiger partial charge on any atom is -0.308 e. The summed E-state index contributed by atoms with van der Waals surface area (Å²) < 4.78 is 0. The number of nitrogens with one attached hydrogen (secondary N) is 1. The third kappa shape index (κ3) is 1.31. The zero-order chi connectivity index (χ0) is 7.73. The predicted molar refractivity (Wildman–Crippen MR) is 47.6 cm³/mol. The summed E-state index contributed by atoms with van der Waals surface area (Å²) in [6, 6.07) is 0.884. The first-order chi connectivity index (χ1) is 5.35. The zero-order valence-corrected chi connectivity index (χ0v) is 7.53. The molecule has 0 spiro atoms. The van der Waals surface area contributed by atoms with E-state index in [-0.39, 0.29) is 0 Å². The lowest BCUT2D eigenvalue weighted by Gasteiger charge is -2.51. The van der Waals surface area contributed by atoms with Gasteiger partial charge in [0.1, 0.15) is 0 Å². The Hall–Kier alpha value is -0.0400. The molecule has 1 saturated carbocycles. The number of fused-ring (bicyclic) bond motifs is 4. The quantitative estimate of drug-likeness (QED) is 0.610. The lowest BCUT2D eigenvalue weighted by molar-refractivity contribution is 0.0946. The van der Waals surface area contributed by atoms with Gasteiger partial charge in [-0.2, -0.15) is 0 Å². The molecule has 3 rings (SSSR count). The van der Waals surface area contributed by atoms with Crippen LogP contribution in [0.25, 0.3) is 0 Å². The molecule has 0 aromatic rings. The highest BCUT2D eigenvalue weighted by Crippen LogP contribution is 2.37. The van der Waals surface area contributed by atoms with Crippen LogP contribution in [0.5, 0.6) is 0 Å². The summed E-state index contributed by atoms with van der Waals surface area (Å²) in [6.07, 6.45) is 10.0. The van der Waals surface area contributed by atoms with Crippen LogP contribution in [-0.2, 0) is 0 Å². The van der Waals surface area contributed by atoms with Crippen molar-refractivity contribution in [1.82, 2.24) is 5.32 Å². The van der Waals surface area contributed by atoms with Crippen molar-refractivity contribution in [3.8, 4) is 0 Å². The summed E-state index contributed by atoms with van der Waals surface area (Å²) in [7, 11) is 0. The van der Waals surface area contributed by atoms with Gasteiger partial charge in [0.2, 0.25) is 0 Å². The van der Waals surface area contributed by atoms with Gasteiger partial charge in [0.05, 0.1) is 0 Å². The van der Waals surface area contributed by atoms with Crippen molar-refractivity contribution in [2.45, 2.75) is 63.5 Å². The van der Waals surface area contributed by atoms with Crippen LogP contribution in [0.1, 0.15) is 51.9 Å². The molecule has 3 aliphatic rings. The summed E-state index contributed by atoms with van der Waals surface area (Å²) >= 11 is 0. The first-order valence-corrected chi connectivity index (χ1v) is 5.12. The molecule has 11 heavy (non-hydrogen) atoms. The minimum atomic E-state index is 0.588. The molecular weight excluding hydrogens is 134 g/mol. The van der Waals surface area contributed by atoms with Gasteiger partial charge < -0.3 is 5.32 Å². The maximum atomic E-state index is 3.74. The molecule has 0 amide bonds. The van der Waals surface area contributed by atoms with E-state index < -0.39 is 0 Å². The SMILES string of the molecule is CCC12CCCCCC(C1)N2. The first-order valence-electron chi connectivity index (χ1n) is 5.12. The lowest BCUT2D eigenvalue weighted by atomic mass is 9.72. The summed E-state index contributed by atoms with van der Waals surface area (Å²) in [4.78, 5) is 0. The average molecular weight is 153 g/mol. The van der Waals surface area contributed by atoms with E-state index in [1.807, 2.05) is 0 Å². The molecule has 64 valence electrons. The fourth-order valence-electron chi connectivity index (χ4n) is 2.69. The van der Waals surface area contributed by atoms with Crippen LogP contribution in [0.4, 0.5) is 0 Å². The Morgan fingerprint density at radius 3 is 2.91 bits per heavy atom. The van der Waals surface area contributed by atoms with E-state index in [0.717, 1.165) is 6.04 Å². The molecule has 1 heteroatoms. The van der Waals surface area contributed by atoms with Crippen LogP contribution in [0.3, 0.4) is 0 Å². The molecule has 2 heterocycles. The van der Waals surface area contributed by atoms with Crippen LogP contribution in [0, 0.1) is 0 Å². The van der Waals surface area contributed by atoms with Gasteiger partial charge >= 0.3 is 0 Å². The molecule has 1 aliphatic carbocycles. The Morgan fingerprint density at radius 1 is 1.36 bits per heavy atom. The second-order valence-corrected chi connectivity index (χ2v) is 4.28. The fraction of sp³-hybridized carbons (Fsp3) is 1.00. The van der Waals surface area contributed by atoms with Gasteiger partial charge in [-0.05, 0) is 25.7 Å². The molecule has 0 radical (unpaired) electrons. The maximum absolute atomic E-state index is 3.74.